The Kier molecular flexibility index (Phi) is 12.5. The van der Waals surface area contributed by atoms with Crippen LogP contribution in [0, 0.1) is 10.8 Å². The fourth-order valence-electron chi connectivity index (χ4n) is 3.37. The molecular formula is C23H41N9O. The van der Waals surface area contributed by atoms with Crippen LogP contribution in [-0.4, -0.2) is 63.1 Å². The molecule has 33 heavy (non-hydrogen) atoms. The molecule has 0 spiro atoms. The molecule has 0 saturated carbocycles. The van der Waals surface area contributed by atoms with Gasteiger partial charge >= 0.3 is 0 Å². The average Bonchev–Trinajstić information content (AvgIpc) is 2.81. The van der Waals surface area contributed by atoms with E-state index in [1.54, 1.807) is 0 Å². The molecular weight excluding hydrogens is 418 g/mol. The van der Waals surface area contributed by atoms with Gasteiger partial charge in [-0.2, -0.15) is 0 Å². The molecule has 0 fully saturated rings. The summed E-state index contributed by atoms with van der Waals surface area (Å²) in [7, 11) is 0. The number of rotatable bonds is 15. The van der Waals surface area contributed by atoms with Gasteiger partial charge in [0.05, 0.1) is 13.2 Å². The molecule has 1 atom stereocenters. The van der Waals surface area contributed by atoms with Gasteiger partial charge in [0, 0.05) is 37.8 Å². The first kappa shape index (κ1) is 26.2. The van der Waals surface area contributed by atoms with E-state index in [1.807, 2.05) is 24.3 Å². The third kappa shape index (κ3) is 12.0. The first-order valence-electron chi connectivity index (χ1n) is 12.0. The molecule has 1 unspecified atom stereocenters. The number of hydrogen-bond donors (Lipinski definition) is 8. The molecule has 0 aliphatic carbocycles. The predicted molar refractivity (Wildman–Crippen MR) is 135 cm³/mol. The smallest absolute Gasteiger partial charge is 0.188 e. The van der Waals surface area contributed by atoms with E-state index >= 15 is 0 Å². The molecule has 0 bridgehead atoms. The Hall–Kier alpha value is -3.01. The van der Waals surface area contributed by atoms with Gasteiger partial charge in [0.2, 0.25) is 0 Å². The van der Waals surface area contributed by atoms with Gasteiger partial charge in [-0.25, -0.2) is 0 Å². The molecule has 0 amide bonds. The molecule has 0 saturated heterocycles. The summed E-state index contributed by atoms with van der Waals surface area (Å²) in [6.45, 7) is 4.39. The lowest BCUT2D eigenvalue weighted by molar-refractivity contribution is 0.307. The van der Waals surface area contributed by atoms with E-state index in [4.69, 9.17) is 27.0 Å². The van der Waals surface area contributed by atoms with E-state index in [1.165, 1.54) is 0 Å². The standard InChI is InChI=1S/C23H41N9O/c24-19-16-31-21(32-17-19)18-8-10-20(11-9-18)33-15-7-6-14-30-23(27)29-13-5-3-1-2-4-12-28-22(25)26/h8-11,19H,1-7,12-17,24H2,(H,31,32)(H4,25,26,28)(H3,27,29,30). The Bertz CT molecular complexity index is 736. The van der Waals surface area contributed by atoms with Crippen molar-refractivity contribution in [1.82, 2.24) is 21.3 Å². The van der Waals surface area contributed by atoms with Crippen LogP contribution in [0.4, 0.5) is 0 Å². The maximum Gasteiger partial charge on any atom is 0.188 e. The number of hydrogen-bond acceptors (Lipinski definition) is 6. The normalized spacial score (nSPS) is 15.2. The Labute approximate surface area is 197 Å². The van der Waals surface area contributed by atoms with Crippen molar-refractivity contribution < 1.29 is 4.74 Å². The summed E-state index contributed by atoms with van der Waals surface area (Å²) in [6, 6.07) is 8.05. The van der Waals surface area contributed by atoms with E-state index in [9.17, 15) is 0 Å². The van der Waals surface area contributed by atoms with Crippen molar-refractivity contribution in [3.63, 3.8) is 0 Å². The van der Waals surface area contributed by atoms with E-state index in [0.29, 0.717) is 19.1 Å². The second-order valence-corrected chi connectivity index (χ2v) is 8.25. The highest BCUT2D eigenvalue weighted by Crippen LogP contribution is 2.13. The highest BCUT2D eigenvalue weighted by molar-refractivity contribution is 5.99. The molecule has 184 valence electrons. The molecule has 1 aromatic rings. The van der Waals surface area contributed by atoms with Crippen LogP contribution >= 0.6 is 0 Å². The summed E-state index contributed by atoms with van der Waals surface area (Å²) in [4.78, 5) is 4.47. The van der Waals surface area contributed by atoms with Gasteiger partial charge < -0.3 is 37.5 Å². The predicted octanol–water partition coefficient (Wildman–Crippen LogP) is 1.07. The zero-order chi connectivity index (χ0) is 23.7. The van der Waals surface area contributed by atoms with E-state index in [2.05, 4.69) is 26.3 Å². The molecule has 1 aliphatic rings. The molecule has 1 heterocycles. The molecule has 10 heteroatoms. The Balaban J connectivity index is 1.42. The summed E-state index contributed by atoms with van der Waals surface area (Å²) in [6.07, 6.45) is 7.37. The van der Waals surface area contributed by atoms with Crippen molar-refractivity contribution in [1.29, 1.82) is 10.8 Å². The van der Waals surface area contributed by atoms with E-state index in [-0.39, 0.29) is 12.0 Å². The van der Waals surface area contributed by atoms with Crippen LogP contribution in [0.25, 0.3) is 0 Å². The number of nitrogens with one attached hydrogen (secondary N) is 6. The van der Waals surface area contributed by atoms with Crippen LogP contribution in [0.2, 0.25) is 0 Å². The largest absolute Gasteiger partial charge is 0.494 e. The van der Waals surface area contributed by atoms with E-state index in [0.717, 1.165) is 88.3 Å². The topological polar surface area (TPSA) is 169 Å². The highest BCUT2D eigenvalue weighted by Gasteiger charge is 2.12. The lowest BCUT2D eigenvalue weighted by Crippen LogP contribution is -2.44. The Morgan fingerprint density at radius 2 is 1.55 bits per heavy atom. The van der Waals surface area contributed by atoms with Crippen molar-refractivity contribution in [2.45, 2.75) is 51.0 Å². The van der Waals surface area contributed by atoms with Gasteiger partial charge in [0.25, 0.3) is 0 Å². The van der Waals surface area contributed by atoms with Crippen LogP contribution in [0.3, 0.4) is 0 Å². The molecule has 1 aliphatic heterocycles. The minimum Gasteiger partial charge on any atom is -0.494 e. The number of amidine groups is 1. The Morgan fingerprint density at radius 1 is 0.939 bits per heavy atom. The summed E-state index contributed by atoms with van der Waals surface area (Å²) in [5.74, 6) is 2.17. The fourth-order valence-corrected chi connectivity index (χ4v) is 3.37. The molecule has 2 rings (SSSR count). The number of nitrogens with zero attached hydrogens (tertiary/aromatic N) is 1. The zero-order valence-corrected chi connectivity index (χ0v) is 19.6. The first-order chi connectivity index (χ1) is 16.0. The third-order valence-corrected chi connectivity index (χ3v) is 5.26. The molecule has 0 radical (unpaired) electrons. The highest BCUT2D eigenvalue weighted by atomic mass is 16.5. The van der Waals surface area contributed by atoms with Crippen molar-refractivity contribution in [3.05, 3.63) is 29.8 Å². The lowest BCUT2D eigenvalue weighted by atomic mass is 10.1. The SMILES string of the molecule is N=C(N)NCCCCCCCNC(=N)NCCCCOc1ccc(C2=NCC(N)CN2)cc1. The van der Waals surface area contributed by atoms with Crippen LogP contribution in [-0.2, 0) is 0 Å². The molecule has 0 aromatic heterocycles. The first-order valence-corrected chi connectivity index (χ1v) is 12.0. The number of unbranched alkanes of at least 4 members (excludes halogenated alkanes) is 5. The monoisotopic (exact) mass is 459 g/mol. The van der Waals surface area contributed by atoms with Crippen molar-refractivity contribution in [2.24, 2.45) is 16.5 Å². The maximum atomic E-state index is 7.92. The van der Waals surface area contributed by atoms with Crippen molar-refractivity contribution >= 4 is 17.8 Å². The lowest BCUT2D eigenvalue weighted by Gasteiger charge is -2.20. The molecule has 10 nitrogen and oxygen atoms in total. The maximum absolute atomic E-state index is 7.92. The van der Waals surface area contributed by atoms with Gasteiger partial charge in [-0.3, -0.25) is 15.8 Å². The van der Waals surface area contributed by atoms with Gasteiger partial charge in [-0.1, -0.05) is 19.3 Å². The van der Waals surface area contributed by atoms with Gasteiger partial charge in [0.1, 0.15) is 11.6 Å². The number of ether oxygens (including phenoxy) is 1. The number of nitrogens with two attached hydrogens (primary N) is 2. The second-order valence-electron chi connectivity index (χ2n) is 8.25. The molecule has 1 aromatic carbocycles. The molecule has 10 N–H and O–H groups in total. The minimum absolute atomic E-state index is 0.0396. The van der Waals surface area contributed by atoms with Crippen LogP contribution in [0.5, 0.6) is 5.75 Å². The number of benzene rings is 1. The van der Waals surface area contributed by atoms with Crippen LogP contribution in [0.1, 0.15) is 50.5 Å². The number of guanidine groups is 2. The van der Waals surface area contributed by atoms with Gasteiger partial charge in [-0.15, -0.1) is 0 Å². The fraction of sp³-hybridized carbons (Fsp3) is 0.609. The minimum atomic E-state index is 0.0396. The summed E-state index contributed by atoms with van der Waals surface area (Å²) in [5, 5.41) is 27.3. The Morgan fingerprint density at radius 3 is 2.15 bits per heavy atom. The van der Waals surface area contributed by atoms with E-state index < -0.39 is 0 Å². The summed E-state index contributed by atoms with van der Waals surface area (Å²) < 4.78 is 5.81. The second kappa shape index (κ2) is 15.7. The number of aliphatic imine (C=N–C) groups is 1. The van der Waals surface area contributed by atoms with Crippen molar-refractivity contribution in [3.8, 4) is 5.75 Å². The van der Waals surface area contributed by atoms with Gasteiger partial charge in [0.15, 0.2) is 11.9 Å². The van der Waals surface area contributed by atoms with Crippen LogP contribution in [0.15, 0.2) is 29.3 Å². The third-order valence-electron chi connectivity index (χ3n) is 5.26. The summed E-state index contributed by atoms with van der Waals surface area (Å²) >= 11 is 0. The van der Waals surface area contributed by atoms with Crippen LogP contribution < -0.4 is 37.5 Å². The van der Waals surface area contributed by atoms with Gasteiger partial charge in [-0.05, 0) is 49.9 Å². The van der Waals surface area contributed by atoms with Crippen molar-refractivity contribution in [2.75, 3.05) is 39.3 Å². The zero-order valence-electron chi connectivity index (χ0n) is 19.6. The quantitative estimate of drug-likeness (QED) is 0.110. The average molecular weight is 460 g/mol. The summed E-state index contributed by atoms with van der Waals surface area (Å²) in [5.41, 5.74) is 12.1.